The topological polar surface area (TPSA) is 59.3 Å². The standard InChI is InChI=1S/C29H40N4O2/c1-20-16-21(2)18-32(17-20)15-9-14-30-28(34)24-19-33(22-10-5-4-6-11-22)29(35)27-26(24)23-12-7-8-13-25(23)31(27)3/h7-8,12-13,19-22H,4-6,9-11,14-18H2,1-3H3,(H,30,34)/t20-,21+. The number of benzene rings is 1. The molecule has 2 atom stereocenters. The monoisotopic (exact) mass is 476 g/mol. The van der Waals surface area contributed by atoms with Gasteiger partial charge in [0.2, 0.25) is 0 Å². The van der Waals surface area contributed by atoms with Crippen LogP contribution in [-0.2, 0) is 7.05 Å². The Hall–Kier alpha value is -2.60. The predicted molar refractivity (Wildman–Crippen MR) is 143 cm³/mol. The minimum absolute atomic E-state index is 0.0236. The van der Waals surface area contributed by atoms with E-state index in [4.69, 9.17) is 0 Å². The Kier molecular flexibility index (Phi) is 7.01. The molecule has 5 rings (SSSR count). The van der Waals surface area contributed by atoms with Crippen molar-refractivity contribution in [2.75, 3.05) is 26.2 Å². The molecule has 1 aromatic carbocycles. The Balaban J connectivity index is 1.43. The minimum atomic E-state index is -0.0729. The number of aromatic nitrogens is 2. The third-order valence-electron chi connectivity index (χ3n) is 8.18. The highest BCUT2D eigenvalue weighted by Crippen LogP contribution is 2.32. The summed E-state index contributed by atoms with van der Waals surface area (Å²) in [5.41, 5.74) is 2.28. The molecule has 6 heteroatoms. The van der Waals surface area contributed by atoms with Crippen LogP contribution in [0.5, 0.6) is 0 Å². The lowest BCUT2D eigenvalue weighted by atomic mass is 9.92. The van der Waals surface area contributed by atoms with Gasteiger partial charge in [-0.25, -0.2) is 0 Å². The van der Waals surface area contributed by atoms with Crippen molar-refractivity contribution >= 4 is 27.7 Å². The molecule has 3 heterocycles. The van der Waals surface area contributed by atoms with Crippen LogP contribution in [0.3, 0.4) is 0 Å². The Morgan fingerprint density at radius 3 is 2.51 bits per heavy atom. The second-order valence-electron chi connectivity index (χ2n) is 11.2. The highest BCUT2D eigenvalue weighted by atomic mass is 16.2. The van der Waals surface area contributed by atoms with Crippen molar-refractivity contribution in [1.29, 1.82) is 0 Å². The summed E-state index contributed by atoms with van der Waals surface area (Å²) in [4.78, 5) is 29.8. The largest absolute Gasteiger partial charge is 0.352 e. The summed E-state index contributed by atoms with van der Waals surface area (Å²) in [5.74, 6) is 1.42. The van der Waals surface area contributed by atoms with Crippen molar-refractivity contribution in [2.45, 2.75) is 64.8 Å². The van der Waals surface area contributed by atoms with Crippen LogP contribution in [0.25, 0.3) is 21.8 Å². The zero-order chi connectivity index (χ0) is 24.5. The maximum Gasteiger partial charge on any atom is 0.275 e. The van der Waals surface area contributed by atoms with Crippen molar-refractivity contribution < 1.29 is 4.79 Å². The molecular weight excluding hydrogens is 436 g/mol. The Morgan fingerprint density at radius 1 is 1.06 bits per heavy atom. The van der Waals surface area contributed by atoms with Gasteiger partial charge in [-0.1, -0.05) is 51.3 Å². The van der Waals surface area contributed by atoms with Crippen LogP contribution in [0.4, 0.5) is 0 Å². The average molecular weight is 477 g/mol. The molecule has 1 saturated heterocycles. The number of aryl methyl sites for hydroxylation is 1. The van der Waals surface area contributed by atoms with E-state index in [9.17, 15) is 9.59 Å². The van der Waals surface area contributed by atoms with Crippen LogP contribution in [0.2, 0.25) is 0 Å². The summed E-state index contributed by atoms with van der Waals surface area (Å²) >= 11 is 0. The number of nitrogens with one attached hydrogen (secondary N) is 1. The summed E-state index contributed by atoms with van der Waals surface area (Å²) in [6, 6.07) is 8.20. The molecule has 0 radical (unpaired) electrons. The second-order valence-corrected chi connectivity index (χ2v) is 11.2. The quantitative estimate of drug-likeness (QED) is 0.504. The fourth-order valence-corrected chi connectivity index (χ4v) is 6.68. The maximum absolute atomic E-state index is 13.7. The van der Waals surface area contributed by atoms with E-state index in [1.165, 1.54) is 12.8 Å². The Labute approximate surface area is 208 Å². The number of piperidine rings is 1. The summed E-state index contributed by atoms with van der Waals surface area (Å²) in [5, 5.41) is 4.95. The number of hydrogen-bond donors (Lipinski definition) is 1. The Bertz CT molecular complexity index is 1260. The van der Waals surface area contributed by atoms with Crippen LogP contribution in [0.15, 0.2) is 35.3 Å². The molecule has 0 spiro atoms. The molecule has 1 aliphatic heterocycles. The van der Waals surface area contributed by atoms with Gasteiger partial charge in [-0.2, -0.15) is 0 Å². The third-order valence-corrected chi connectivity index (χ3v) is 8.18. The molecule has 2 aliphatic rings. The lowest BCUT2D eigenvalue weighted by Gasteiger charge is -2.34. The first-order chi connectivity index (χ1) is 16.9. The third kappa shape index (κ3) is 4.77. The van der Waals surface area contributed by atoms with Gasteiger partial charge in [-0.3, -0.25) is 9.59 Å². The molecule has 188 valence electrons. The fraction of sp³-hybridized carbons (Fsp3) is 0.586. The number of fused-ring (bicyclic) bond motifs is 3. The lowest BCUT2D eigenvalue weighted by Crippen LogP contribution is -2.40. The number of rotatable bonds is 6. The molecule has 6 nitrogen and oxygen atoms in total. The summed E-state index contributed by atoms with van der Waals surface area (Å²) < 4.78 is 3.84. The molecule has 1 aliphatic carbocycles. The van der Waals surface area contributed by atoms with Crippen LogP contribution in [0, 0.1) is 11.8 Å². The van der Waals surface area contributed by atoms with E-state index in [1.807, 2.05) is 46.6 Å². The molecule has 2 aromatic heterocycles. The lowest BCUT2D eigenvalue weighted by molar-refractivity contribution is 0.0948. The van der Waals surface area contributed by atoms with E-state index < -0.39 is 0 Å². The molecule has 2 fully saturated rings. The molecule has 0 bridgehead atoms. The van der Waals surface area contributed by atoms with Crippen LogP contribution in [-0.4, -0.2) is 46.1 Å². The Morgan fingerprint density at radius 2 is 1.77 bits per heavy atom. The molecule has 1 N–H and O–H groups in total. The number of carbonyl (C=O) groups excluding carboxylic acids is 1. The van der Waals surface area contributed by atoms with E-state index in [0.717, 1.165) is 79.9 Å². The van der Waals surface area contributed by atoms with Crippen LogP contribution < -0.4 is 10.9 Å². The van der Waals surface area contributed by atoms with Crippen LogP contribution in [0.1, 0.15) is 75.2 Å². The number of likely N-dealkylation sites (tertiary alicyclic amines) is 1. The number of carbonyl (C=O) groups is 1. The van der Waals surface area contributed by atoms with Gasteiger partial charge in [0.1, 0.15) is 5.52 Å². The average Bonchev–Trinajstić information content (AvgIpc) is 3.15. The number of para-hydroxylation sites is 1. The number of amides is 1. The molecule has 1 amide bonds. The molecule has 35 heavy (non-hydrogen) atoms. The van der Waals surface area contributed by atoms with Crippen molar-refractivity contribution in [3.63, 3.8) is 0 Å². The summed E-state index contributed by atoms with van der Waals surface area (Å²) in [6.07, 6.45) is 9.61. The van der Waals surface area contributed by atoms with Gasteiger partial charge in [0, 0.05) is 55.2 Å². The van der Waals surface area contributed by atoms with E-state index in [1.54, 1.807) is 0 Å². The van der Waals surface area contributed by atoms with Gasteiger partial charge in [-0.05, 0) is 50.1 Å². The SMILES string of the molecule is C[C@@H]1C[C@H](C)CN(CCCNC(=O)c2cn(C3CCCCC3)c(=O)c3c2c2ccccc2n3C)C1. The highest BCUT2D eigenvalue weighted by Gasteiger charge is 2.25. The number of hydrogen-bond acceptors (Lipinski definition) is 3. The van der Waals surface area contributed by atoms with Gasteiger partial charge in [0.25, 0.3) is 11.5 Å². The first-order valence-corrected chi connectivity index (χ1v) is 13.6. The van der Waals surface area contributed by atoms with E-state index >= 15 is 0 Å². The molecule has 3 aromatic rings. The van der Waals surface area contributed by atoms with Gasteiger partial charge in [-0.15, -0.1) is 0 Å². The van der Waals surface area contributed by atoms with Gasteiger partial charge < -0.3 is 19.4 Å². The molecular formula is C29H40N4O2. The van der Waals surface area contributed by atoms with Gasteiger partial charge in [0.15, 0.2) is 0 Å². The number of nitrogens with zero attached hydrogens (tertiary/aromatic N) is 3. The normalized spacial score (nSPS) is 22.1. The van der Waals surface area contributed by atoms with E-state index in [-0.39, 0.29) is 17.5 Å². The van der Waals surface area contributed by atoms with E-state index in [0.29, 0.717) is 17.6 Å². The minimum Gasteiger partial charge on any atom is -0.352 e. The number of pyridine rings is 1. The van der Waals surface area contributed by atoms with Gasteiger partial charge >= 0.3 is 0 Å². The predicted octanol–water partition coefficient (Wildman–Crippen LogP) is 5.10. The molecule has 0 unspecified atom stereocenters. The smallest absolute Gasteiger partial charge is 0.275 e. The highest BCUT2D eigenvalue weighted by molar-refractivity contribution is 6.17. The second kappa shape index (κ2) is 10.2. The first kappa shape index (κ1) is 24.1. The van der Waals surface area contributed by atoms with Crippen molar-refractivity contribution in [3.05, 3.63) is 46.4 Å². The van der Waals surface area contributed by atoms with Crippen molar-refractivity contribution in [1.82, 2.24) is 19.4 Å². The zero-order valence-corrected chi connectivity index (χ0v) is 21.6. The van der Waals surface area contributed by atoms with Crippen molar-refractivity contribution in [2.24, 2.45) is 18.9 Å². The molecule has 1 saturated carbocycles. The van der Waals surface area contributed by atoms with Gasteiger partial charge in [0.05, 0.1) is 5.56 Å². The van der Waals surface area contributed by atoms with Crippen molar-refractivity contribution in [3.8, 4) is 0 Å². The fourth-order valence-electron chi connectivity index (χ4n) is 6.68. The summed E-state index contributed by atoms with van der Waals surface area (Å²) in [7, 11) is 1.94. The van der Waals surface area contributed by atoms with E-state index in [2.05, 4.69) is 24.1 Å². The van der Waals surface area contributed by atoms with Crippen LogP contribution >= 0.6 is 0 Å². The maximum atomic E-state index is 13.7. The first-order valence-electron chi connectivity index (χ1n) is 13.6. The summed E-state index contributed by atoms with van der Waals surface area (Å²) in [6.45, 7) is 8.64. The zero-order valence-electron chi connectivity index (χ0n) is 21.6.